The molecule has 0 aliphatic carbocycles. The zero-order valence-electron chi connectivity index (χ0n) is 15.5. The highest BCUT2D eigenvalue weighted by Gasteiger charge is 2.18. The Bertz CT molecular complexity index is 675. The van der Waals surface area contributed by atoms with Crippen LogP contribution in [0.15, 0.2) is 42.5 Å². The molecule has 0 radical (unpaired) electrons. The Morgan fingerprint density at radius 3 is 2.20 bits per heavy atom. The minimum atomic E-state index is -0.496. The molecule has 1 atom stereocenters. The van der Waals surface area contributed by atoms with Gasteiger partial charge in [0.2, 0.25) is 0 Å². The van der Waals surface area contributed by atoms with Gasteiger partial charge in [-0.1, -0.05) is 25.1 Å². The molecule has 1 N–H and O–H groups in total. The van der Waals surface area contributed by atoms with E-state index in [4.69, 9.17) is 9.47 Å². The van der Waals surface area contributed by atoms with Crippen LogP contribution in [0.25, 0.3) is 0 Å². The third-order valence-electron chi connectivity index (χ3n) is 3.84. The van der Waals surface area contributed by atoms with E-state index in [1.54, 1.807) is 0 Å². The van der Waals surface area contributed by atoms with Gasteiger partial charge in [-0.25, -0.2) is 0 Å². The first-order valence-electron chi connectivity index (χ1n) is 8.76. The molecule has 2 aromatic rings. The number of nitrogens with one attached hydrogen (secondary N) is 1. The SMILES string of the molecule is CCOc1ccc(CNC(=O)[C@H](CC)Oc2cc(C)cc(C)c2)cc1. The van der Waals surface area contributed by atoms with Gasteiger partial charge in [0, 0.05) is 6.54 Å². The lowest BCUT2D eigenvalue weighted by molar-refractivity contribution is -0.128. The Kier molecular flexibility index (Phi) is 6.87. The Labute approximate surface area is 150 Å². The summed E-state index contributed by atoms with van der Waals surface area (Å²) in [5.74, 6) is 1.47. The highest BCUT2D eigenvalue weighted by atomic mass is 16.5. The van der Waals surface area contributed by atoms with Gasteiger partial charge in [-0.15, -0.1) is 0 Å². The molecule has 2 rings (SSSR count). The summed E-state index contributed by atoms with van der Waals surface area (Å²) in [5, 5.41) is 2.95. The summed E-state index contributed by atoms with van der Waals surface area (Å²) < 4.78 is 11.3. The van der Waals surface area contributed by atoms with Gasteiger partial charge in [-0.2, -0.15) is 0 Å². The Morgan fingerprint density at radius 2 is 1.64 bits per heavy atom. The molecule has 2 aromatic carbocycles. The maximum atomic E-state index is 12.4. The van der Waals surface area contributed by atoms with Gasteiger partial charge in [0.1, 0.15) is 11.5 Å². The van der Waals surface area contributed by atoms with Crippen molar-refractivity contribution in [1.82, 2.24) is 5.32 Å². The average molecular weight is 341 g/mol. The monoisotopic (exact) mass is 341 g/mol. The zero-order valence-corrected chi connectivity index (χ0v) is 15.5. The minimum Gasteiger partial charge on any atom is -0.494 e. The molecule has 0 unspecified atom stereocenters. The molecule has 0 saturated heterocycles. The van der Waals surface area contributed by atoms with E-state index >= 15 is 0 Å². The first-order chi connectivity index (χ1) is 12.0. The van der Waals surface area contributed by atoms with Gasteiger partial charge in [-0.3, -0.25) is 4.79 Å². The largest absolute Gasteiger partial charge is 0.494 e. The number of hydrogen-bond donors (Lipinski definition) is 1. The molecule has 0 bridgehead atoms. The Morgan fingerprint density at radius 1 is 1.00 bits per heavy atom. The van der Waals surface area contributed by atoms with Crippen LogP contribution in [0.5, 0.6) is 11.5 Å². The maximum absolute atomic E-state index is 12.4. The van der Waals surface area contributed by atoms with Crippen molar-refractivity contribution in [3.63, 3.8) is 0 Å². The number of carbonyl (C=O) groups is 1. The second-order valence-electron chi connectivity index (χ2n) is 6.13. The maximum Gasteiger partial charge on any atom is 0.261 e. The molecule has 0 aliphatic rings. The van der Waals surface area contributed by atoms with E-state index in [2.05, 4.69) is 11.4 Å². The van der Waals surface area contributed by atoms with E-state index in [9.17, 15) is 4.79 Å². The average Bonchev–Trinajstić information content (AvgIpc) is 2.58. The van der Waals surface area contributed by atoms with Gasteiger partial charge in [0.05, 0.1) is 6.61 Å². The van der Waals surface area contributed by atoms with Crippen molar-refractivity contribution in [2.75, 3.05) is 6.61 Å². The number of hydrogen-bond acceptors (Lipinski definition) is 3. The molecule has 1 amide bonds. The fourth-order valence-electron chi connectivity index (χ4n) is 2.66. The number of benzene rings is 2. The fraction of sp³-hybridized carbons (Fsp3) is 0.381. The second-order valence-corrected chi connectivity index (χ2v) is 6.13. The summed E-state index contributed by atoms with van der Waals surface area (Å²) >= 11 is 0. The van der Waals surface area contributed by atoms with Gasteiger partial charge < -0.3 is 14.8 Å². The van der Waals surface area contributed by atoms with Crippen molar-refractivity contribution in [3.8, 4) is 11.5 Å². The Hall–Kier alpha value is -2.49. The summed E-state index contributed by atoms with van der Waals surface area (Å²) in [7, 11) is 0. The number of carbonyl (C=O) groups excluding carboxylic acids is 1. The molecule has 25 heavy (non-hydrogen) atoms. The van der Waals surface area contributed by atoms with E-state index in [1.807, 2.05) is 64.1 Å². The van der Waals surface area contributed by atoms with Gasteiger partial charge in [0.25, 0.3) is 5.91 Å². The smallest absolute Gasteiger partial charge is 0.261 e. The predicted molar refractivity (Wildman–Crippen MR) is 100 cm³/mol. The van der Waals surface area contributed by atoms with Crippen molar-refractivity contribution < 1.29 is 14.3 Å². The molecule has 0 saturated carbocycles. The zero-order chi connectivity index (χ0) is 18.2. The first kappa shape index (κ1) is 18.8. The summed E-state index contributed by atoms with van der Waals surface area (Å²) in [6.45, 7) is 9.06. The third-order valence-corrected chi connectivity index (χ3v) is 3.84. The van der Waals surface area contributed by atoms with Gasteiger partial charge in [0.15, 0.2) is 6.10 Å². The molecule has 0 aromatic heterocycles. The summed E-state index contributed by atoms with van der Waals surface area (Å²) in [5.41, 5.74) is 3.28. The lowest BCUT2D eigenvalue weighted by Gasteiger charge is -2.18. The van der Waals surface area contributed by atoms with Crippen LogP contribution in [-0.4, -0.2) is 18.6 Å². The Balaban J connectivity index is 1.92. The van der Waals surface area contributed by atoms with E-state index in [0.29, 0.717) is 19.6 Å². The number of amides is 1. The second kappa shape index (κ2) is 9.11. The fourth-order valence-corrected chi connectivity index (χ4v) is 2.66. The quantitative estimate of drug-likeness (QED) is 0.784. The van der Waals surface area contributed by atoms with Gasteiger partial charge >= 0.3 is 0 Å². The summed E-state index contributed by atoms with van der Waals surface area (Å²) in [6, 6.07) is 13.7. The van der Waals surface area contributed by atoms with Crippen molar-refractivity contribution >= 4 is 5.91 Å². The van der Waals surface area contributed by atoms with E-state index in [-0.39, 0.29) is 5.91 Å². The highest BCUT2D eigenvalue weighted by molar-refractivity contribution is 5.81. The first-order valence-corrected chi connectivity index (χ1v) is 8.76. The van der Waals surface area contributed by atoms with Crippen LogP contribution in [0.1, 0.15) is 37.0 Å². The molecule has 0 fully saturated rings. The molecule has 134 valence electrons. The topological polar surface area (TPSA) is 47.6 Å². The van der Waals surface area contributed by atoms with Crippen LogP contribution in [-0.2, 0) is 11.3 Å². The molecule has 0 aliphatic heterocycles. The number of aryl methyl sites for hydroxylation is 2. The molecular weight excluding hydrogens is 314 g/mol. The van der Waals surface area contributed by atoms with Crippen LogP contribution in [0.3, 0.4) is 0 Å². The standard InChI is InChI=1S/C21H27NO3/c1-5-20(25-19-12-15(3)11-16(4)13-19)21(23)22-14-17-7-9-18(10-8-17)24-6-2/h7-13,20H,5-6,14H2,1-4H3,(H,22,23)/t20-/m0/s1. The van der Waals surface area contributed by atoms with Crippen LogP contribution >= 0.6 is 0 Å². The van der Waals surface area contributed by atoms with Crippen LogP contribution in [0.2, 0.25) is 0 Å². The molecule has 0 heterocycles. The van der Waals surface area contributed by atoms with Crippen LogP contribution in [0, 0.1) is 13.8 Å². The van der Waals surface area contributed by atoms with Crippen molar-refractivity contribution in [1.29, 1.82) is 0 Å². The summed E-state index contributed by atoms with van der Waals surface area (Å²) in [4.78, 5) is 12.4. The van der Waals surface area contributed by atoms with E-state index < -0.39 is 6.10 Å². The lowest BCUT2D eigenvalue weighted by atomic mass is 10.1. The van der Waals surface area contributed by atoms with Crippen LogP contribution < -0.4 is 14.8 Å². The van der Waals surface area contributed by atoms with E-state index in [0.717, 1.165) is 28.2 Å². The van der Waals surface area contributed by atoms with Crippen molar-refractivity contribution in [2.45, 2.75) is 46.8 Å². The predicted octanol–water partition coefficient (Wildman–Crippen LogP) is 4.18. The highest BCUT2D eigenvalue weighted by Crippen LogP contribution is 2.19. The van der Waals surface area contributed by atoms with Crippen molar-refractivity contribution in [2.24, 2.45) is 0 Å². The normalized spacial score (nSPS) is 11.7. The van der Waals surface area contributed by atoms with Gasteiger partial charge in [-0.05, 0) is 68.1 Å². The third kappa shape index (κ3) is 5.82. The minimum absolute atomic E-state index is 0.101. The molecule has 4 heteroatoms. The number of ether oxygens (including phenoxy) is 2. The number of rotatable bonds is 8. The van der Waals surface area contributed by atoms with Crippen LogP contribution in [0.4, 0.5) is 0 Å². The molecule has 4 nitrogen and oxygen atoms in total. The molecule has 0 spiro atoms. The van der Waals surface area contributed by atoms with E-state index in [1.165, 1.54) is 0 Å². The van der Waals surface area contributed by atoms with Crippen molar-refractivity contribution in [3.05, 3.63) is 59.2 Å². The molecular formula is C21H27NO3. The lowest BCUT2D eigenvalue weighted by Crippen LogP contribution is -2.37. The summed E-state index contributed by atoms with van der Waals surface area (Å²) in [6.07, 6.45) is 0.117.